The number of ketones is 1. The largest absolute Gasteiger partial charge is 0.466 e. The molecule has 1 aliphatic carbocycles. The van der Waals surface area contributed by atoms with Crippen molar-refractivity contribution < 1.29 is 14.3 Å². The number of carbonyl (C=O) groups is 2. The third-order valence-corrected chi connectivity index (χ3v) is 4.12. The molecular weight excluding hydrogens is 276 g/mol. The predicted octanol–water partition coefficient (Wildman–Crippen LogP) is 3.46. The van der Waals surface area contributed by atoms with E-state index in [9.17, 15) is 9.59 Å². The highest BCUT2D eigenvalue weighted by atomic mass is 16.5. The number of benzene rings is 2. The molecule has 1 aliphatic rings. The van der Waals surface area contributed by atoms with E-state index in [1.165, 1.54) is 0 Å². The zero-order chi connectivity index (χ0) is 15.5. The molecular formula is C19H18O3. The standard InChI is InChI=1S/C19H18O3/c1-2-22-19(21)17-15(13-9-5-3-6-10-13)16(17)18(20)14-11-7-4-8-12-14/h3-12,15-17H,2H2,1H3/t15-,16-,17+/m1/s1. The first-order chi connectivity index (χ1) is 10.7. The van der Waals surface area contributed by atoms with Crippen molar-refractivity contribution in [3.05, 3.63) is 71.8 Å². The molecule has 0 unspecified atom stereocenters. The van der Waals surface area contributed by atoms with Crippen LogP contribution in [0.5, 0.6) is 0 Å². The van der Waals surface area contributed by atoms with E-state index in [0.29, 0.717) is 12.2 Å². The molecule has 0 heterocycles. The van der Waals surface area contributed by atoms with Gasteiger partial charge in [0.05, 0.1) is 12.5 Å². The number of Topliss-reactive ketones (excluding diaryl/α,β-unsaturated/α-hetero) is 1. The number of hydrogen-bond acceptors (Lipinski definition) is 3. The Morgan fingerprint density at radius 1 is 0.909 bits per heavy atom. The number of ether oxygens (including phenoxy) is 1. The van der Waals surface area contributed by atoms with Crippen LogP contribution in [0.15, 0.2) is 60.7 Å². The number of carbonyl (C=O) groups excluding carboxylic acids is 2. The van der Waals surface area contributed by atoms with Gasteiger partial charge >= 0.3 is 5.97 Å². The summed E-state index contributed by atoms with van der Waals surface area (Å²) in [5.74, 6) is -1.01. The van der Waals surface area contributed by atoms with Crippen LogP contribution in [-0.4, -0.2) is 18.4 Å². The van der Waals surface area contributed by atoms with E-state index in [-0.39, 0.29) is 29.5 Å². The third kappa shape index (κ3) is 2.67. The SMILES string of the molecule is CCOC(=O)[C@@H]1[C@H](C(=O)c2ccccc2)[C@H]1c1ccccc1. The average Bonchev–Trinajstić information content (AvgIpc) is 3.32. The van der Waals surface area contributed by atoms with Gasteiger partial charge in [-0.15, -0.1) is 0 Å². The van der Waals surface area contributed by atoms with Crippen molar-refractivity contribution in [3.8, 4) is 0 Å². The molecule has 0 aliphatic heterocycles. The minimum atomic E-state index is -0.366. The van der Waals surface area contributed by atoms with Crippen LogP contribution in [0.1, 0.15) is 28.8 Å². The second-order valence-corrected chi connectivity index (χ2v) is 5.47. The first-order valence-corrected chi connectivity index (χ1v) is 7.55. The summed E-state index contributed by atoms with van der Waals surface area (Å²) in [6.07, 6.45) is 0. The minimum Gasteiger partial charge on any atom is -0.466 e. The van der Waals surface area contributed by atoms with Gasteiger partial charge in [-0.2, -0.15) is 0 Å². The Bertz CT molecular complexity index is 664. The molecule has 0 aromatic heterocycles. The van der Waals surface area contributed by atoms with Crippen molar-refractivity contribution in [2.45, 2.75) is 12.8 Å². The maximum Gasteiger partial charge on any atom is 0.310 e. The van der Waals surface area contributed by atoms with E-state index in [1.54, 1.807) is 19.1 Å². The van der Waals surface area contributed by atoms with Crippen LogP contribution in [0.4, 0.5) is 0 Å². The van der Waals surface area contributed by atoms with Gasteiger partial charge in [0.2, 0.25) is 0 Å². The lowest BCUT2D eigenvalue weighted by Gasteiger charge is -2.00. The summed E-state index contributed by atoms with van der Waals surface area (Å²) in [6.45, 7) is 2.12. The van der Waals surface area contributed by atoms with Crippen molar-refractivity contribution in [2.24, 2.45) is 11.8 Å². The quantitative estimate of drug-likeness (QED) is 0.626. The average molecular weight is 294 g/mol. The summed E-state index contributed by atoms with van der Waals surface area (Å²) in [5, 5.41) is 0. The van der Waals surface area contributed by atoms with Crippen LogP contribution in [-0.2, 0) is 9.53 Å². The van der Waals surface area contributed by atoms with Crippen LogP contribution in [0.2, 0.25) is 0 Å². The molecule has 2 aromatic carbocycles. The lowest BCUT2D eigenvalue weighted by molar-refractivity contribution is -0.145. The molecule has 0 saturated heterocycles. The Morgan fingerprint density at radius 2 is 1.50 bits per heavy atom. The molecule has 0 bridgehead atoms. The van der Waals surface area contributed by atoms with E-state index in [2.05, 4.69) is 0 Å². The highest BCUT2D eigenvalue weighted by molar-refractivity contribution is 6.04. The number of hydrogen-bond donors (Lipinski definition) is 0. The highest BCUT2D eigenvalue weighted by Crippen LogP contribution is 2.56. The van der Waals surface area contributed by atoms with Gasteiger partial charge in [-0.05, 0) is 12.5 Å². The Morgan fingerprint density at radius 3 is 2.09 bits per heavy atom. The van der Waals surface area contributed by atoms with Gasteiger partial charge < -0.3 is 4.74 Å². The summed E-state index contributed by atoms with van der Waals surface area (Å²) in [5.41, 5.74) is 1.68. The predicted molar refractivity (Wildman–Crippen MR) is 83.6 cm³/mol. The van der Waals surface area contributed by atoms with Crippen LogP contribution < -0.4 is 0 Å². The van der Waals surface area contributed by atoms with Gasteiger partial charge in [-0.25, -0.2) is 0 Å². The first kappa shape index (κ1) is 14.5. The van der Waals surface area contributed by atoms with Gasteiger partial charge in [0.1, 0.15) is 0 Å². The van der Waals surface area contributed by atoms with E-state index < -0.39 is 0 Å². The van der Waals surface area contributed by atoms with Crippen molar-refractivity contribution >= 4 is 11.8 Å². The van der Waals surface area contributed by atoms with Gasteiger partial charge in [-0.3, -0.25) is 9.59 Å². The molecule has 0 amide bonds. The van der Waals surface area contributed by atoms with Crippen LogP contribution >= 0.6 is 0 Å². The number of rotatable bonds is 5. The molecule has 3 nitrogen and oxygen atoms in total. The Kier molecular flexibility index (Phi) is 4.05. The monoisotopic (exact) mass is 294 g/mol. The topological polar surface area (TPSA) is 43.4 Å². The molecule has 3 rings (SSSR count). The smallest absolute Gasteiger partial charge is 0.310 e. The Labute approximate surface area is 129 Å². The second-order valence-electron chi connectivity index (χ2n) is 5.47. The minimum absolute atomic E-state index is 0.0208. The Balaban J connectivity index is 1.87. The van der Waals surface area contributed by atoms with E-state index in [0.717, 1.165) is 5.56 Å². The first-order valence-electron chi connectivity index (χ1n) is 7.55. The second kappa shape index (κ2) is 6.14. The molecule has 3 atom stereocenters. The molecule has 0 N–H and O–H groups in total. The fourth-order valence-electron chi connectivity index (χ4n) is 3.05. The van der Waals surface area contributed by atoms with Crippen LogP contribution in [0, 0.1) is 11.8 Å². The van der Waals surface area contributed by atoms with Crippen molar-refractivity contribution in [1.82, 2.24) is 0 Å². The lowest BCUT2D eigenvalue weighted by Crippen LogP contribution is -2.11. The maximum absolute atomic E-state index is 12.7. The normalized spacial score (nSPS) is 22.9. The molecule has 0 spiro atoms. The molecule has 22 heavy (non-hydrogen) atoms. The van der Waals surface area contributed by atoms with Crippen LogP contribution in [0.25, 0.3) is 0 Å². The van der Waals surface area contributed by atoms with E-state index in [1.807, 2.05) is 48.5 Å². The fourth-order valence-corrected chi connectivity index (χ4v) is 3.05. The fraction of sp³-hybridized carbons (Fsp3) is 0.263. The zero-order valence-electron chi connectivity index (χ0n) is 12.4. The summed E-state index contributed by atoms with van der Waals surface area (Å²) in [4.78, 5) is 24.9. The maximum atomic E-state index is 12.7. The van der Waals surface area contributed by atoms with E-state index >= 15 is 0 Å². The van der Waals surface area contributed by atoms with Gasteiger partial charge in [0, 0.05) is 17.4 Å². The van der Waals surface area contributed by atoms with Crippen LogP contribution in [0.3, 0.4) is 0 Å². The molecule has 112 valence electrons. The van der Waals surface area contributed by atoms with Crippen molar-refractivity contribution in [2.75, 3.05) is 6.61 Å². The molecule has 0 radical (unpaired) electrons. The van der Waals surface area contributed by atoms with Gasteiger partial charge in [-0.1, -0.05) is 60.7 Å². The van der Waals surface area contributed by atoms with E-state index in [4.69, 9.17) is 4.74 Å². The summed E-state index contributed by atoms with van der Waals surface area (Å²) < 4.78 is 5.14. The van der Waals surface area contributed by atoms with Gasteiger partial charge in [0.25, 0.3) is 0 Å². The molecule has 1 saturated carbocycles. The Hall–Kier alpha value is -2.42. The highest BCUT2D eigenvalue weighted by Gasteiger charge is 2.60. The summed E-state index contributed by atoms with van der Waals surface area (Å²) in [7, 11) is 0. The molecule has 3 heteroatoms. The molecule has 1 fully saturated rings. The summed E-state index contributed by atoms with van der Waals surface area (Å²) in [6, 6.07) is 18.9. The summed E-state index contributed by atoms with van der Waals surface area (Å²) >= 11 is 0. The zero-order valence-corrected chi connectivity index (χ0v) is 12.4. The number of esters is 1. The third-order valence-electron chi connectivity index (χ3n) is 4.12. The van der Waals surface area contributed by atoms with Crippen molar-refractivity contribution in [3.63, 3.8) is 0 Å². The molecule has 2 aromatic rings. The van der Waals surface area contributed by atoms with Crippen molar-refractivity contribution in [1.29, 1.82) is 0 Å². The van der Waals surface area contributed by atoms with Gasteiger partial charge in [0.15, 0.2) is 5.78 Å². The lowest BCUT2D eigenvalue weighted by atomic mass is 10.0.